The van der Waals surface area contributed by atoms with E-state index >= 15 is 0 Å². The second kappa shape index (κ2) is 6.00. The smallest absolute Gasteiger partial charge is 0.211 e. The predicted octanol–water partition coefficient (Wildman–Crippen LogP) is 4.99. The van der Waals surface area contributed by atoms with Gasteiger partial charge in [0.2, 0.25) is 6.08 Å². The maximum Gasteiger partial charge on any atom is 0.240 e. The van der Waals surface area contributed by atoms with Gasteiger partial charge in [-0.2, -0.15) is 4.99 Å². The molecular weight excluding hydrogens is 258 g/mol. The molecule has 0 aliphatic carbocycles. The molecule has 0 heterocycles. The first kappa shape index (κ1) is 13.0. The van der Waals surface area contributed by atoms with E-state index in [2.05, 4.69) is 4.99 Å². The quantitative estimate of drug-likeness (QED) is 0.487. The van der Waals surface area contributed by atoms with Crippen LogP contribution in [0.3, 0.4) is 0 Å². The molecular formula is C19H13NO. The molecule has 0 aliphatic rings. The molecule has 0 N–H and O–H groups in total. The van der Waals surface area contributed by atoms with Crippen molar-refractivity contribution in [3.8, 4) is 22.3 Å². The highest BCUT2D eigenvalue weighted by Crippen LogP contribution is 2.38. The van der Waals surface area contributed by atoms with E-state index in [4.69, 9.17) is 0 Å². The molecule has 2 heteroatoms. The molecule has 100 valence electrons. The van der Waals surface area contributed by atoms with Crippen molar-refractivity contribution in [1.82, 2.24) is 0 Å². The van der Waals surface area contributed by atoms with Crippen LogP contribution in [0.25, 0.3) is 22.3 Å². The summed E-state index contributed by atoms with van der Waals surface area (Å²) in [5.74, 6) is 0. The highest BCUT2D eigenvalue weighted by Gasteiger charge is 2.10. The molecule has 0 spiro atoms. The number of aliphatic imine (C=N–C) groups is 1. The molecule has 3 aromatic carbocycles. The number of para-hydroxylation sites is 1. The van der Waals surface area contributed by atoms with Crippen LogP contribution in [-0.4, -0.2) is 6.08 Å². The zero-order chi connectivity index (χ0) is 14.5. The van der Waals surface area contributed by atoms with Crippen LogP contribution in [-0.2, 0) is 4.79 Å². The lowest BCUT2D eigenvalue weighted by Crippen LogP contribution is -1.84. The minimum atomic E-state index is 0.657. The summed E-state index contributed by atoms with van der Waals surface area (Å²) in [4.78, 5) is 14.8. The van der Waals surface area contributed by atoms with Crippen LogP contribution in [0.15, 0.2) is 83.9 Å². The van der Waals surface area contributed by atoms with Crippen LogP contribution in [0.4, 0.5) is 5.69 Å². The lowest BCUT2D eigenvalue weighted by molar-refractivity contribution is 0.565. The van der Waals surface area contributed by atoms with Gasteiger partial charge in [-0.3, -0.25) is 0 Å². The Balaban J connectivity index is 2.26. The number of rotatable bonds is 3. The first-order valence-electron chi connectivity index (χ1n) is 6.72. The molecule has 0 bridgehead atoms. The Kier molecular flexibility index (Phi) is 3.72. The maximum atomic E-state index is 10.8. The van der Waals surface area contributed by atoms with Gasteiger partial charge >= 0.3 is 0 Å². The SMILES string of the molecule is O=C=Nc1c(-c2ccccc2)cccc1-c1ccccc1. The third kappa shape index (κ3) is 2.66. The molecule has 3 rings (SSSR count). The number of hydrogen-bond donors (Lipinski definition) is 0. The van der Waals surface area contributed by atoms with Gasteiger partial charge in [0.1, 0.15) is 0 Å². The summed E-state index contributed by atoms with van der Waals surface area (Å²) in [7, 11) is 0. The Morgan fingerprint density at radius 1 is 0.619 bits per heavy atom. The molecule has 2 nitrogen and oxygen atoms in total. The van der Waals surface area contributed by atoms with Crippen LogP contribution >= 0.6 is 0 Å². The Morgan fingerprint density at radius 3 is 1.52 bits per heavy atom. The molecule has 0 aliphatic heterocycles. The average molecular weight is 271 g/mol. The van der Waals surface area contributed by atoms with Crippen molar-refractivity contribution in [2.45, 2.75) is 0 Å². The zero-order valence-electron chi connectivity index (χ0n) is 11.4. The number of nitrogens with zero attached hydrogens (tertiary/aromatic N) is 1. The second-order valence-electron chi connectivity index (χ2n) is 4.64. The van der Waals surface area contributed by atoms with Gasteiger partial charge in [-0.25, -0.2) is 4.79 Å². The van der Waals surface area contributed by atoms with E-state index in [1.807, 2.05) is 78.9 Å². The molecule has 0 radical (unpaired) electrons. The summed E-state index contributed by atoms with van der Waals surface area (Å²) in [6.07, 6.45) is 1.68. The number of carbonyl (C=O) groups excluding carboxylic acids is 1. The van der Waals surface area contributed by atoms with Crippen molar-refractivity contribution in [2.75, 3.05) is 0 Å². The van der Waals surface area contributed by atoms with Crippen molar-refractivity contribution in [2.24, 2.45) is 4.99 Å². The fourth-order valence-electron chi connectivity index (χ4n) is 2.41. The van der Waals surface area contributed by atoms with Crippen molar-refractivity contribution < 1.29 is 4.79 Å². The molecule has 0 fully saturated rings. The molecule has 0 amide bonds. The first-order valence-corrected chi connectivity index (χ1v) is 6.72. The van der Waals surface area contributed by atoms with Gasteiger partial charge in [-0.1, -0.05) is 78.9 Å². The summed E-state index contributed by atoms with van der Waals surface area (Å²) in [6.45, 7) is 0. The fraction of sp³-hybridized carbons (Fsp3) is 0. The molecule has 0 saturated heterocycles. The molecule has 3 aromatic rings. The molecule has 0 aromatic heterocycles. The maximum absolute atomic E-state index is 10.8. The van der Waals surface area contributed by atoms with E-state index in [1.165, 1.54) is 0 Å². The van der Waals surface area contributed by atoms with E-state index in [1.54, 1.807) is 6.08 Å². The average Bonchev–Trinajstić information content (AvgIpc) is 2.57. The Bertz CT molecular complexity index is 731. The Hall–Kier alpha value is -2.96. The van der Waals surface area contributed by atoms with E-state index in [0.717, 1.165) is 22.3 Å². The van der Waals surface area contributed by atoms with Crippen molar-refractivity contribution in [3.63, 3.8) is 0 Å². The van der Waals surface area contributed by atoms with Gasteiger partial charge in [0, 0.05) is 11.1 Å². The lowest BCUT2D eigenvalue weighted by Gasteiger charge is -2.10. The van der Waals surface area contributed by atoms with Crippen molar-refractivity contribution in [1.29, 1.82) is 0 Å². The summed E-state index contributed by atoms with van der Waals surface area (Å²) < 4.78 is 0. The zero-order valence-corrected chi connectivity index (χ0v) is 11.4. The van der Waals surface area contributed by atoms with Gasteiger partial charge in [0.25, 0.3) is 0 Å². The largest absolute Gasteiger partial charge is 0.240 e. The van der Waals surface area contributed by atoms with E-state index in [-0.39, 0.29) is 0 Å². The van der Waals surface area contributed by atoms with Crippen LogP contribution in [0.1, 0.15) is 0 Å². The minimum Gasteiger partial charge on any atom is -0.211 e. The van der Waals surface area contributed by atoms with Crippen molar-refractivity contribution >= 4 is 11.8 Å². The third-order valence-electron chi connectivity index (χ3n) is 3.36. The van der Waals surface area contributed by atoms with Gasteiger partial charge < -0.3 is 0 Å². The summed E-state index contributed by atoms with van der Waals surface area (Å²) >= 11 is 0. The van der Waals surface area contributed by atoms with Crippen LogP contribution in [0.5, 0.6) is 0 Å². The molecule has 0 unspecified atom stereocenters. The predicted molar refractivity (Wildman–Crippen MR) is 85.1 cm³/mol. The fourth-order valence-corrected chi connectivity index (χ4v) is 2.41. The highest BCUT2D eigenvalue weighted by atomic mass is 16.1. The molecule has 0 saturated carbocycles. The second-order valence-corrected chi connectivity index (χ2v) is 4.64. The normalized spacial score (nSPS) is 9.90. The minimum absolute atomic E-state index is 0.657. The Labute approximate surface area is 123 Å². The van der Waals surface area contributed by atoms with Crippen LogP contribution < -0.4 is 0 Å². The van der Waals surface area contributed by atoms with Crippen LogP contribution in [0, 0.1) is 0 Å². The highest BCUT2D eigenvalue weighted by molar-refractivity contribution is 5.89. The first-order chi connectivity index (χ1) is 10.4. The number of benzene rings is 3. The van der Waals surface area contributed by atoms with Crippen LogP contribution in [0.2, 0.25) is 0 Å². The van der Waals surface area contributed by atoms with E-state index in [9.17, 15) is 4.79 Å². The number of hydrogen-bond acceptors (Lipinski definition) is 2. The monoisotopic (exact) mass is 271 g/mol. The summed E-state index contributed by atoms with van der Waals surface area (Å²) in [5.41, 5.74) is 4.58. The van der Waals surface area contributed by atoms with Gasteiger partial charge in [0.05, 0.1) is 5.69 Å². The van der Waals surface area contributed by atoms with Gasteiger partial charge in [0.15, 0.2) is 0 Å². The topological polar surface area (TPSA) is 29.4 Å². The van der Waals surface area contributed by atoms with Gasteiger partial charge in [-0.15, -0.1) is 0 Å². The standard InChI is InChI=1S/C19H13NO/c21-14-20-19-17(15-8-3-1-4-9-15)12-7-13-18(19)16-10-5-2-6-11-16/h1-13H. The summed E-state index contributed by atoms with van der Waals surface area (Å²) in [5, 5.41) is 0. The summed E-state index contributed by atoms with van der Waals surface area (Å²) in [6, 6.07) is 25.8. The van der Waals surface area contributed by atoms with Gasteiger partial charge in [-0.05, 0) is 11.1 Å². The van der Waals surface area contributed by atoms with Crippen molar-refractivity contribution in [3.05, 3.63) is 78.9 Å². The van der Waals surface area contributed by atoms with E-state index < -0.39 is 0 Å². The number of isocyanates is 1. The molecule has 0 atom stereocenters. The Morgan fingerprint density at radius 2 is 1.10 bits per heavy atom. The lowest BCUT2D eigenvalue weighted by atomic mass is 9.96. The van der Waals surface area contributed by atoms with E-state index in [0.29, 0.717) is 5.69 Å². The molecule has 21 heavy (non-hydrogen) atoms. The third-order valence-corrected chi connectivity index (χ3v) is 3.36.